The second-order valence-electron chi connectivity index (χ2n) is 5.24. The Labute approximate surface area is 154 Å². The van der Waals surface area contributed by atoms with Crippen molar-refractivity contribution in [3.8, 4) is 5.75 Å². The molecule has 0 spiro atoms. The highest BCUT2D eigenvalue weighted by Crippen LogP contribution is 2.18. The predicted octanol–water partition coefficient (Wildman–Crippen LogP) is 2.36. The molecule has 0 radical (unpaired) electrons. The van der Waals surface area contributed by atoms with Gasteiger partial charge < -0.3 is 20.7 Å². The number of ether oxygens (including phenoxy) is 1. The highest BCUT2D eigenvalue weighted by atomic mass is 127. The van der Waals surface area contributed by atoms with Crippen LogP contribution in [0.1, 0.15) is 26.7 Å². The maximum absolute atomic E-state index is 11.0. The third kappa shape index (κ3) is 8.06. The normalized spacial score (nSPS) is 13.7. The van der Waals surface area contributed by atoms with Gasteiger partial charge in [-0.3, -0.25) is 4.79 Å². The van der Waals surface area contributed by atoms with Crippen LogP contribution in [-0.2, 0) is 4.79 Å². The number of hydrogen-bond donors (Lipinski definition) is 3. The SMILES string of the molecule is CCNC(=NCCOc1cccc(NC(C)=O)c1)NC1CC1.I. The summed E-state index contributed by atoms with van der Waals surface area (Å²) in [4.78, 5) is 15.5. The smallest absolute Gasteiger partial charge is 0.221 e. The van der Waals surface area contributed by atoms with E-state index < -0.39 is 0 Å². The maximum Gasteiger partial charge on any atom is 0.221 e. The van der Waals surface area contributed by atoms with E-state index in [0.717, 1.165) is 23.9 Å². The Bertz CT molecular complexity index is 533. The van der Waals surface area contributed by atoms with E-state index >= 15 is 0 Å². The van der Waals surface area contributed by atoms with Gasteiger partial charge in [-0.25, -0.2) is 4.99 Å². The van der Waals surface area contributed by atoms with Crippen LogP contribution in [0.2, 0.25) is 0 Å². The summed E-state index contributed by atoms with van der Waals surface area (Å²) in [5.74, 6) is 1.48. The molecule has 1 fully saturated rings. The maximum atomic E-state index is 11.0. The summed E-state index contributed by atoms with van der Waals surface area (Å²) < 4.78 is 5.66. The fourth-order valence-corrected chi connectivity index (χ4v) is 1.93. The molecular formula is C16H25IN4O2. The number of guanidine groups is 1. The van der Waals surface area contributed by atoms with Crippen LogP contribution in [0.25, 0.3) is 0 Å². The van der Waals surface area contributed by atoms with Gasteiger partial charge in [0.1, 0.15) is 12.4 Å². The summed E-state index contributed by atoms with van der Waals surface area (Å²) in [5, 5.41) is 9.31. The van der Waals surface area contributed by atoms with E-state index in [1.165, 1.54) is 19.8 Å². The zero-order valence-corrected chi connectivity index (χ0v) is 15.9. The Kier molecular flexibility index (Phi) is 8.75. The van der Waals surface area contributed by atoms with Crippen molar-refractivity contribution < 1.29 is 9.53 Å². The van der Waals surface area contributed by atoms with Gasteiger partial charge >= 0.3 is 0 Å². The quantitative estimate of drug-likeness (QED) is 0.268. The van der Waals surface area contributed by atoms with E-state index in [4.69, 9.17) is 4.74 Å². The lowest BCUT2D eigenvalue weighted by Gasteiger charge is -2.11. The number of nitrogens with one attached hydrogen (secondary N) is 3. The summed E-state index contributed by atoms with van der Waals surface area (Å²) >= 11 is 0. The number of rotatable bonds is 7. The first-order valence-corrected chi connectivity index (χ1v) is 7.72. The largest absolute Gasteiger partial charge is 0.492 e. The summed E-state index contributed by atoms with van der Waals surface area (Å²) in [6.45, 7) is 5.45. The molecule has 1 aromatic rings. The number of hydrogen-bond acceptors (Lipinski definition) is 3. The molecule has 0 heterocycles. The van der Waals surface area contributed by atoms with E-state index in [2.05, 4.69) is 20.9 Å². The standard InChI is InChI=1S/C16H24N4O2.HI/c1-3-17-16(20-13-7-8-13)18-9-10-22-15-6-4-5-14(11-15)19-12(2)21;/h4-6,11,13H,3,7-10H2,1-2H3,(H,19,21)(H2,17,18,20);1H. The number of anilines is 1. The van der Waals surface area contributed by atoms with Crippen molar-refractivity contribution in [3.63, 3.8) is 0 Å². The molecule has 23 heavy (non-hydrogen) atoms. The number of benzene rings is 1. The molecule has 0 saturated heterocycles. The van der Waals surface area contributed by atoms with Crippen LogP contribution in [0.3, 0.4) is 0 Å². The van der Waals surface area contributed by atoms with E-state index in [0.29, 0.717) is 19.2 Å². The molecule has 6 nitrogen and oxygen atoms in total. The second-order valence-corrected chi connectivity index (χ2v) is 5.24. The van der Waals surface area contributed by atoms with Crippen LogP contribution < -0.4 is 20.7 Å². The minimum atomic E-state index is -0.0943. The number of nitrogens with zero attached hydrogens (tertiary/aromatic N) is 1. The van der Waals surface area contributed by atoms with Crippen LogP contribution >= 0.6 is 24.0 Å². The van der Waals surface area contributed by atoms with Crippen molar-refractivity contribution >= 4 is 41.5 Å². The summed E-state index contributed by atoms with van der Waals surface area (Å²) in [7, 11) is 0. The fourth-order valence-electron chi connectivity index (χ4n) is 1.93. The lowest BCUT2D eigenvalue weighted by Crippen LogP contribution is -2.38. The number of halogens is 1. The van der Waals surface area contributed by atoms with Crippen LogP contribution in [0.15, 0.2) is 29.3 Å². The predicted molar refractivity (Wildman–Crippen MR) is 104 cm³/mol. The molecule has 128 valence electrons. The lowest BCUT2D eigenvalue weighted by atomic mass is 10.3. The minimum Gasteiger partial charge on any atom is -0.492 e. The molecular weight excluding hydrogens is 407 g/mol. The fraction of sp³-hybridized carbons (Fsp3) is 0.500. The van der Waals surface area contributed by atoms with Gasteiger partial charge in [-0.2, -0.15) is 0 Å². The van der Waals surface area contributed by atoms with Gasteiger partial charge in [-0.05, 0) is 31.9 Å². The third-order valence-electron chi connectivity index (χ3n) is 3.05. The Morgan fingerprint density at radius 3 is 2.83 bits per heavy atom. The van der Waals surface area contributed by atoms with Gasteiger partial charge in [0.25, 0.3) is 0 Å². The van der Waals surface area contributed by atoms with Gasteiger partial charge in [0.15, 0.2) is 5.96 Å². The van der Waals surface area contributed by atoms with Gasteiger partial charge in [-0.1, -0.05) is 6.07 Å². The molecule has 0 unspecified atom stereocenters. The third-order valence-corrected chi connectivity index (χ3v) is 3.05. The van der Waals surface area contributed by atoms with Crippen molar-refractivity contribution in [1.29, 1.82) is 0 Å². The molecule has 0 atom stereocenters. The number of aliphatic imine (C=N–C) groups is 1. The van der Waals surface area contributed by atoms with Crippen molar-refractivity contribution in [2.75, 3.05) is 25.0 Å². The van der Waals surface area contributed by atoms with Crippen molar-refractivity contribution in [1.82, 2.24) is 10.6 Å². The number of carbonyl (C=O) groups excluding carboxylic acids is 1. The van der Waals surface area contributed by atoms with Crippen LogP contribution in [0, 0.1) is 0 Å². The average Bonchev–Trinajstić information content (AvgIpc) is 3.27. The van der Waals surface area contributed by atoms with Crippen LogP contribution in [0.4, 0.5) is 5.69 Å². The Hall–Kier alpha value is -1.51. The zero-order valence-electron chi connectivity index (χ0n) is 13.6. The van der Waals surface area contributed by atoms with Crippen LogP contribution in [-0.4, -0.2) is 37.6 Å². The molecule has 1 saturated carbocycles. The average molecular weight is 432 g/mol. The van der Waals surface area contributed by atoms with E-state index in [-0.39, 0.29) is 29.9 Å². The molecule has 0 aromatic heterocycles. The first kappa shape index (κ1) is 19.5. The zero-order chi connectivity index (χ0) is 15.8. The minimum absolute atomic E-state index is 0. The summed E-state index contributed by atoms with van der Waals surface area (Å²) in [5.41, 5.74) is 0.734. The second kappa shape index (κ2) is 10.3. The van der Waals surface area contributed by atoms with Crippen LogP contribution in [0.5, 0.6) is 5.75 Å². The summed E-state index contributed by atoms with van der Waals surface area (Å²) in [6.07, 6.45) is 2.44. The molecule has 0 bridgehead atoms. The molecule has 2 rings (SSSR count). The lowest BCUT2D eigenvalue weighted by molar-refractivity contribution is -0.114. The molecule has 1 aromatic carbocycles. The van der Waals surface area contributed by atoms with Gasteiger partial charge in [0.2, 0.25) is 5.91 Å². The van der Waals surface area contributed by atoms with Crippen molar-refractivity contribution in [2.24, 2.45) is 4.99 Å². The van der Waals surface area contributed by atoms with Gasteiger partial charge in [0.05, 0.1) is 6.54 Å². The Balaban J connectivity index is 0.00000264. The molecule has 7 heteroatoms. The molecule has 1 amide bonds. The van der Waals surface area contributed by atoms with Gasteiger partial charge in [0, 0.05) is 31.3 Å². The van der Waals surface area contributed by atoms with Gasteiger partial charge in [-0.15, -0.1) is 24.0 Å². The topological polar surface area (TPSA) is 74.8 Å². The first-order chi connectivity index (χ1) is 10.7. The van der Waals surface area contributed by atoms with Crippen molar-refractivity contribution in [3.05, 3.63) is 24.3 Å². The Morgan fingerprint density at radius 1 is 1.39 bits per heavy atom. The number of amides is 1. The number of carbonyl (C=O) groups is 1. The molecule has 1 aliphatic carbocycles. The summed E-state index contributed by atoms with van der Waals surface area (Å²) in [6, 6.07) is 7.92. The molecule has 3 N–H and O–H groups in total. The molecule has 0 aliphatic heterocycles. The highest BCUT2D eigenvalue weighted by Gasteiger charge is 2.21. The van der Waals surface area contributed by atoms with E-state index in [9.17, 15) is 4.79 Å². The highest BCUT2D eigenvalue weighted by molar-refractivity contribution is 14.0. The monoisotopic (exact) mass is 432 g/mol. The van der Waals surface area contributed by atoms with E-state index in [1.54, 1.807) is 6.07 Å². The Morgan fingerprint density at radius 2 is 2.17 bits per heavy atom. The molecule has 1 aliphatic rings. The first-order valence-electron chi connectivity index (χ1n) is 7.72. The van der Waals surface area contributed by atoms with Crippen molar-refractivity contribution in [2.45, 2.75) is 32.7 Å². The van der Waals surface area contributed by atoms with E-state index in [1.807, 2.05) is 25.1 Å².